The summed E-state index contributed by atoms with van der Waals surface area (Å²) >= 11 is 0. The number of nitro groups is 1. The average molecular weight is 404 g/mol. The van der Waals surface area contributed by atoms with Crippen LogP contribution in [0, 0.1) is 20.7 Å². The quantitative estimate of drug-likeness (QED) is 0.475. The Labute approximate surface area is 160 Å². The molecule has 1 unspecified atom stereocenters. The molecule has 10 heteroatoms. The second kappa shape index (κ2) is 7.39. The van der Waals surface area contributed by atoms with Crippen LogP contribution in [-0.2, 0) is 16.3 Å². The van der Waals surface area contributed by atoms with Crippen LogP contribution < -0.4 is 10.1 Å². The maximum absolute atomic E-state index is 14.2. The molecule has 28 heavy (non-hydrogen) atoms. The molecule has 0 aliphatic rings. The van der Waals surface area contributed by atoms with Gasteiger partial charge in [0.15, 0.2) is 11.6 Å². The number of aromatic nitrogens is 1. The molecule has 0 aliphatic carbocycles. The number of methoxy groups -OCH3 is 1. The van der Waals surface area contributed by atoms with E-state index in [1.807, 2.05) is 0 Å². The fraction of sp³-hybridized carbons (Fsp3) is 0.167. The van der Waals surface area contributed by atoms with E-state index >= 15 is 0 Å². The van der Waals surface area contributed by atoms with Crippen LogP contribution in [-0.4, -0.2) is 27.5 Å². The van der Waals surface area contributed by atoms with E-state index < -0.39 is 20.5 Å². The number of benzene rings is 2. The Balaban J connectivity index is 2.00. The lowest BCUT2D eigenvalue weighted by Crippen LogP contribution is -2.05. The molecule has 1 heterocycles. The molecule has 0 aliphatic heterocycles. The van der Waals surface area contributed by atoms with Crippen molar-refractivity contribution in [3.63, 3.8) is 0 Å². The minimum absolute atomic E-state index is 0.00560. The highest BCUT2D eigenvalue weighted by molar-refractivity contribution is 7.91. The van der Waals surface area contributed by atoms with E-state index in [4.69, 9.17) is 9.52 Å². The van der Waals surface area contributed by atoms with Gasteiger partial charge in [0.25, 0.3) is 0 Å². The molecule has 0 radical (unpaired) electrons. The first kappa shape index (κ1) is 19.5. The van der Waals surface area contributed by atoms with Crippen LogP contribution in [0.15, 0.2) is 47.5 Å². The van der Waals surface area contributed by atoms with E-state index in [1.165, 1.54) is 19.4 Å². The van der Waals surface area contributed by atoms with Gasteiger partial charge in [-0.3, -0.25) is 10.1 Å². The summed E-state index contributed by atoms with van der Waals surface area (Å²) in [5.41, 5.74) is 0.958. The molecule has 0 amide bonds. The zero-order valence-electron chi connectivity index (χ0n) is 15.1. The summed E-state index contributed by atoms with van der Waals surface area (Å²) in [6.07, 6.45) is 2.44. The van der Waals surface area contributed by atoms with Gasteiger partial charge >= 0.3 is 5.69 Å². The van der Waals surface area contributed by atoms with Crippen LogP contribution in [0.25, 0.3) is 10.9 Å². The smallest absolute Gasteiger partial charge is 0.311 e. The number of fused-ring (bicyclic) bond motifs is 1. The Morgan fingerprint density at radius 3 is 2.57 bits per heavy atom. The lowest BCUT2D eigenvalue weighted by molar-refractivity contribution is -0.384. The SMILES string of the molecule is COc1cc2ncc([N+](=O)[O-])c(NCc3ccc(S(C)(=N)=O)cc3)c2cc1F. The van der Waals surface area contributed by atoms with E-state index in [9.17, 15) is 18.7 Å². The van der Waals surface area contributed by atoms with Crippen molar-refractivity contribution in [3.05, 3.63) is 64.1 Å². The zero-order valence-corrected chi connectivity index (χ0v) is 15.9. The van der Waals surface area contributed by atoms with E-state index in [2.05, 4.69) is 10.3 Å². The maximum Gasteiger partial charge on any atom is 0.311 e. The Hall–Kier alpha value is -3.27. The third kappa shape index (κ3) is 3.86. The van der Waals surface area contributed by atoms with Crippen LogP contribution in [0.4, 0.5) is 15.8 Å². The van der Waals surface area contributed by atoms with E-state index in [-0.39, 0.29) is 29.1 Å². The Morgan fingerprint density at radius 1 is 1.32 bits per heavy atom. The van der Waals surface area contributed by atoms with Crippen LogP contribution in [0.5, 0.6) is 5.75 Å². The molecule has 1 atom stereocenters. The molecule has 0 fully saturated rings. The predicted octanol–water partition coefficient (Wildman–Crippen LogP) is 3.94. The van der Waals surface area contributed by atoms with Crippen molar-refractivity contribution in [1.82, 2.24) is 4.98 Å². The summed E-state index contributed by atoms with van der Waals surface area (Å²) in [5, 5.41) is 14.6. The molecule has 146 valence electrons. The van der Waals surface area contributed by atoms with Crippen molar-refractivity contribution in [2.75, 3.05) is 18.7 Å². The largest absolute Gasteiger partial charge is 0.494 e. The van der Waals surface area contributed by atoms with Crippen molar-refractivity contribution < 1.29 is 18.3 Å². The molecular formula is C18H17FN4O4S. The van der Waals surface area contributed by atoms with Crippen LogP contribution >= 0.6 is 0 Å². The number of halogens is 1. The monoisotopic (exact) mass is 404 g/mol. The van der Waals surface area contributed by atoms with Crippen molar-refractivity contribution in [3.8, 4) is 5.75 Å². The fourth-order valence-electron chi connectivity index (χ4n) is 2.72. The Bertz CT molecular complexity index is 1160. The van der Waals surface area contributed by atoms with Gasteiger partial charge in [0.2, 0.25) is 0 Å². The molecule has 8 nitrogen and oxygen atoms in total. The molecule has 0 spiro atoms. The number of hydrogen-bond acceptors (Lipinski definition) is 7. The Morgan fingerprint density at radius 2 is 2.00 bits per heavy atom. The first-order chi connectivity index (χ1) is 13.2. The van der Waals surface area contributed by atoms with Gasteiger partial charge in [-0.1, -0.05) is 12.1 Å². The topological polar surface area (TPSA) is 118 Å². The second-order valence-corrected chi connectivity index (χ2v) is 8.28. The highest BCUT2D eigenvalue weighted by atomic mass is 32.2. The minimum Gasteiger partial charge on any atom is -0.494 e. The van der Waals surface area contributed by atoms with Crippen molar-refractivity contribution in [1.29, 1.82) is 4.78 Å². The number of nitrogens with one attached hydrogen (secondary N) is 2. The summed E-state index contributed by atoms with van der Waals surface area (Å²) in [5.74, 6) is -0.660. The lowest BCUT2D eigenvalue weighted by Gasteiger charge is -2.12. The van der Waals surface area contributed by atoms with E-state index in [1.54, 1.807) is 24.3 Å². The van der Waals surface area contributed by atoms with Crippen LogP contribution in [0.1, 0.15) is 5.56 Å². The van der Waals surface area contributed by atoms with Gasteiger partial charge in [-0.2, -0.15) is 0 Å². The molecule has 3 aromatic rings. The third-order valence-corrected chi connectivity index (χ3v) is 5.33. The second-order valence-electron chi connectivity index (χ2n) is 6.12. The lowest BCUT2D eigenvalue weighted by atomic mass is 10.1. The standard InChI is InChI=1S/C18H17FN4O4S/c1-27-17-8-15-13(7-14(17)19)18(16(10-21-15)23(24)25)22-9-11-3-5-12(6-4-11)28(2,20)26/h3-8,10,20H,9H2,1-2H3,(H,21,22). The van der Waals surface area contributed by atoms with Gasteiger partial charge in [0.1, 0.15) is 11.9 Å². The minimum atomic E-state index is -2.82. The summed E-state index contributed by atoms with van der Waals surface area (Å²) in [7, 11) is -1.49. The number of nitrogens with zero attached hydrogens (tertiary/aromatic N) is 2. The normalized spacial score (nSPS) is 13.1. The molecule has 2 aromatic carbocycles. The number of rotatable bonds is 6. The van der Waals surface area contributed by atoms with Gasteiger partial charge in [-0.25, -0.2) is 18.4 Å². The van der Waals surface area contributed by atoms with Gasteiger partial charge in [-0.15, -0.1) is 0 Å². The van der Waals surface area contributed by atoms with Crippen molar-refractivity contribution in [2.45, 2.75) is 11.4 Å². The van der Waals surface area contributed by atoms with E-state index in [0.717, 1.165) is 17.8 Å². The zero-order chi connectivity index (χ0) is 20.5. The first-order valence-corrected chi connectivity index (χ1v) is 10.0. The highest BCUT2D eigenvalue weighted by Gasteiger charge is 2.20. The molecular weight excluding hydrogens is 387 g/mol. The highest BCUT2D eigenvalue weighted by Crippen LogP contribution is 2.35. The Kier molecular flexibility index (Phi) is 5.14. The van der Waals surface area contributed by atoms with E-state index in [0.29, 0.717) is 10.4 Å². The molecule has 2 N–H and O–H groups in total. The first-order valence-electron chi connectivity index (χ1n) is 8.08. The average Bonchev–Trinajstić information content (AvgIpc) is 2.65. The number of hydrogen-bond donors (Lipinski definition) is 2. The molecule has 1 aromatic heterocycles. The number of ether oxygens (including phenoxy) is 1. The van der Waals surface area contributed by atoms with Crippen LogP contribution in [0.2, 0.25) is 0 Å². The molecule has 0 saturated carbocycles. The van der Waals surface area contributed by atoms with Gasteiger partial charge in [-0.05, 0) is 23.8 Å². The van der Waals surface area contributed by atoms with Gasteiger partial charge in [0.05, 0.1) is 27.3 Å². The van der Waals surface area contributed by atoms with Gasteiger partial charge < -0.3 is 10.1 Å². The fourth-order valence-corrected chi connectivity index (χ4v) is 3.38. The summed E-state index contributed by atoms with van der Waals surface area (Å²) < 4.78 is 38.4. The third-order valence-electron chi connectivity index (χ3n) is 4.16. The summed E-state index contributed by atoms with van der Waals surface area (Å²) in [6.45, 7) is 0.205. The predicted molar refractivity (Wildman–Crippen MR) is 104 cm³/mol. The van der Waals surface area contributed by atoms with Crippen molar-refractivity contribution >= 4 is 32.0 Å². The molecule has 3 rings (SSSR count). The van der Waals surface area contributed by atoms with Crippen molar-refractivity contribution in [2.24, 2.45) is 0 Å². The van der Waals surface area contributed by atoms with Gasteiger partial charge in [0, 0.05) is 29.1 Å². The molecule has 0 saturated heterocycles. The summed E-state index contributed by atoms with van der Waals surface area (Å²) in [6, 6.07) is 9.04. The number of anilines is 1. The summed E-state index contributed by atoms with van der Waals surface area (Å²) in [4.78, 5) is 15.2. The number of pyridine rings is 1. The van der Waals surface area contributed by atoms with Crippen LogP contribution in [0.3, 0.4) is 0 Å². The molecule has 0 bridgehead atoms. The maximum atomic E-state index is 14.2.